The summed E-state index contributed by atoms with van der Waals surface area (Å²) in [5.41, 5.74) is 0.753. The van der Waals surface area contributed by atoms with Crippen molar-refractivity contribution in [1.82, 2.24) is 0 Å². The minimum atomic E-state index is -1.98. The first-order valence-corrected chi connectivity index (χ1v) is 17.2. The van der Waals surface area contributed by atoms with Crippen LogP contribution >= 0.6 is 0 Å². The number of benzene rings is 2. The highest BCUT2D eigenvalue weighted by Gasteiger charge is 2.55. The van der Waals surface area contributed by atoms with Gasteiger partial charge in [-0.25, -0.2) is 4.79 Å². The van der Waals surface area contributed by atoms with E-state index in [1.807, 2.05) is 0 Å². The Morgan fingerprint density at radius 3 is 1.87 bits per heavy atom. The standard InChI is InChI=1S/C35H46O20/c1-14-24(43)26(45)28(47)33(50-14)54-31-30(53-23(42)7-4-15-2-5-17(38)19(40)10-15)22(13-37)52-35(49-9-8-16-3-6-18(39)20(41)11-16)32(31)55-34-29(48)27(46)25(44)21(12-36)51-34/h2-7,10-11,14,21-22,24-41,43-48H,8-9,12-13H2,1H3/b7-4+/t14-,21+,22+,24-,25-,26+,27-,28+,29+,30+,31-,32+,33-,34-,35+/m0/s1. The number of hydrogen-bond donors (Lipinski definition) is 12. The molecule has 0 aromatic heterocycles. The van der Waals surface area contributed by atoms with Crippen LogP contribution in [0.3, 0.4) is 0 Å². The molecule has 2 aromatic carbocycles. The molecule has 15 atom stereocenters. The fraction of sp³-hybridized carbons (Fsp3) is 0.571. The molecule has 3 aliphatic heterocycles. The quantitative estimate of drug-likeness (QED) is 0.0541. The Labute approximate surface area is 313 Å². The maximum atomic E-state index is 13.3. The van der Waals surface area contributed by atoms with Crippen LogP contribution in [0.2, 0.25) is 0 Å². The second kappa shape index (κ2) is 18.5. The summed E-state index contributed by atoms with van der Waals surface area (Å²) < 4.78 is 41.1. The molecule has 5 rings (SSSR count). The highest BCUT2D eigenvalue weighted by molar-refractivity contribution is 5.87. The number of phenolic OH excluding ortho intramolecular Hbond substituents is 4. The van der Waals surface area contributed by atoms with E-state index in [9.17, 15) is 66.1 Å². The van der Waals surface area contributed by atoms with Crippen LogP contribution in [0.1, 0.15) is 18.1 Å². The smallest absolute Gasteiger partial charge is 0.331 e. The molecule has 3 heterocycles. The van der Waals surface area contributed by atoms with Gasteiger partial charge >= 0.3 is 5.97 Å². The number of carbonyl (C=O) groups is 1. The SMILES string of the molecule is C[C@@H]1O[C@@H](O[C@@H]2[C@@H](O[C@@H]3O[C@H](CO)[C@H](O)[C@H](O)[C@H]3O)[C@H](OCCc3ccc(O)c(O)c3)O[C@H](CO)[C@H]2OC(=O)/C=C/c2ccc(O)c(O)c2)[C@H](O)[C@H](O)[C@H]1O. The summed E-state index contributed by atoms with van der Waals surface area (Å²) in [5, 5.41) is 123. The summed E-state index contributed by atoms with van der Waals surface area (Å²) in [4.78, 5) is 13.3. The third-order valence-corrected chi connectivity index (χ3v) is 9.39. The Morgan fingerprint density at radius 2 is 1.24 bits per heavy atom. The summed E-state index contributed by atoms with van der Waals surface area (Å²) in [7, 11) is 0. The summed E-state index contributed by atoms with van der Waals surface area (Å²) in [5.74, 6) is -2.74. The van der Waals surface area contributed by atoms with E-state index >= 15 is 0 Å². The Kier molecular flexibility index (Phi) is 14.3. The van der Waals surface area contributed by atoms with Gasteiger partial charge in [0.25, 0.3) is 0 Å². The lowest BCUT2D eigenvalue weighted by Crippen LogP contribution is -2.67. The summed E-state index contributed by atoms with van der Waals surface area (Å²) >= 11 is 0. The van der Waals surface area contributed by atoms with Crippen molar-refractivity contribution in [3.63, 3.8) is 0 Å². The predicted molar refractivity (Wildman–Crippen MR) is 180 cm³/mol. The molecule has 0 aliphatic carbocycles. The minimum Gasteiger partial charge on any atom is -0.504 e. The van der Waals surface area contributed by atoms with Crippen LogP contribution in [0, 0.1) is 0 Å². The van der Waals surface area contributed by atoms with Gasteiger partial charge in [0, 0.05) is 6.08 Å². The van der Waals surface area contributed by atoms with E-state index in [0.29, 0.717) is 5.56 Å². The number of aliphatic hydroxyl groups is 8. The summed E-state index contributed by atoms with van der Waals surface area (Å²) in [6, 6.07) is 7.72. The van der Waals surface area contributed by atoms with Crippen LogP contribution in [0.25, 0.3) is 6.08 Å². The fourth-order valence-corrected chi connectivity index (χ4v) is 6.22. The van der Waals surface area contributed by atoms with Crippen LogP contribution in [-0.4, -0.2) is 179 Å². The lowest BCUT2D eigenvalue weighted by atomic mass is 9.96. The van der Waals surface area contributed by atoms with Crippen molar-refractivity contribution in [2.24, 2.45) is 0 Å². The van der Waals surface area contributed by atoms with Gasteiger partial charge in [-0.15, -0.1) is 0 Å². The third kappa shape index (κ3) is 9.82. The number of ether oxygens (including phenoxy) is 7. The molecule has 0 bridgehead atoms. The lowest BCUT2D eigenvalue weighted by molar-refractivity contribution is -0.390. The molecule has 0 unspecified atom stereocenters. The number of carbonyl (C=O) groups excluding carboxylic acids is 1. The number of aromatic hydroxyl groups is 4. The van der Waals surface area contributed by atoms with Gasteiger partial charge in [-0.2, -0.15) is 0 Å². The van der Waals surface area contributed by atoms with Crippen LogP contribution in [-0.2, 0) is 44.4 Å². The zero-order valence-electron chi connectivity index (χ0n) is 29.2. The number of hydrogen-bond acceptors (Lipinski definition) is 20. The van der Waals surface area contributed by atoms with Crippen molar-refractivity contribution in [3.05, 3.63) is 53.6 Å². The molecule has 20 heteroatoms. The highest BCUT2D eigenvalue weighted by atomic mass is 16.8. The van der Waals surface area contributed by atoms with Crippen molar-refractivity contribution >= 4 is 12.0 Å². The number of rotatable bonds is 13. The molecule has 3 saturated heterocycles. The molecule has 0 saturated carbocycles. The number of aliphatic hydroxyl groups excluding tert-OH is 8. The average Bonchev–Trinajstić information content (AvgIpc) is 3.16. The topological polar surface area (TPSA) is 324 Å². The molecular weight excluding hydrogens is 740 g/mol. The number of esters is 1. The van der Waals surface area contributed by atoms with Gasteiger partial charge in [0.05, 0.1) is 25.9 Å². The van der Waals surface area contributed by atoms with Gasteiger partial charge < -0.3 is 94.4 Å². The van der Waals surface area contributed by atoms with Crippen molar-refractivity contribution in [2.45, 2.75) is 105 Å². The molecule has 0 amide bonds. The molecule has 20 nitrogen and oxygen atoms in total. The van der Waals surface area contributed by atoms with Gasteiger partial charge in [0.15, 0.2) is 48.0 Å². The van der Waals surface area contributed by atoms with Crippen LogP contribution in [0.4, 0.5) is 0 Å². The maximum Gasteiger partial charge on any atom is 0.331 e. The minimum absolute atomic E-state index is 0.0812. The number of phenols is 4. The Morgan fingerprint density at radius 1 is 0.655 bits per heavy atom. The first-order valence-electron chi connectivity index (χ1n) is 17.2. The van der Waals surface area contributed by atoms with Crippen molar-refractivity contribution < 1.29 is 99.2 Å². The second-order valence-corrected chi connectivity index (χ2v) is 13.2. The van der Waals surface area contributed by atoms with Gasteiger partial charge in [0.1, 0.15) is 61.0 Å². The predicted octanol–water partition coefficient (Wildman–Crippen LogP) is -3.19. The van der Waals surface area contributed by atoms with E-state index in [-0.39, 0.29) is 24.3 Å². The second-order valence-electron chi connectivity index (χ2n) is 13.2. The van der Waals surface area contributed by atoms with Gasteiger partial charge in [-0.05, 0) is 54.8 Å². The summed E-state index contributed by atoms with van der Waals surface area (Å²) in [6.07, 6.45) is -23.3. The van der Waals surface area contributed by atoms with E-state index < -0.39 is 129 Å². The first-order chi connectivity index (χ1) is 26.1. The van der Waals surface area contributed by atoms with Crippen LogP contribution in [0.15, 0.2) is 42.5 Å². The van der Waals surface area contributed by atoms with E-state index in [1.54, 1.807) is 0 Å². The van der Waals surface area contributed by atoms with Gasteiger partial charge in [0.2, 0.25) is 0 Å². The summed E-state index contributed by atoms with van der Waals surface area (Å²) in [6.45, 7) is -0.540. The Bertz CT molecular complexity index is 1610. The van der Waals surface area contributed by atoms with Crippen molar-refractivity contribution in [2.75, 3.05) is 19.8 Å². The van der Waals surface area contributed by atoms with E-state index in [2.05, 4.69) is 0 Å². The van der Waals surface area contributed by atoms with Crippen molar-refractivity contribution in [3.8, 4) is 23.0 Å². The molecule has 2 aromatic rings. The Balaban J connectivity index is 1.50. The molecule has 0 spiro atoms. The van der Waals surface area contributed by atoms with Gasteiger partial charge in [-0.1, -0.05) is 12.1 Å². The third-order valence-electron chi connectivity index (χ3n) is 9.39. The molecule has 55 heavy (non-hydrogen) atoms. The van der Waals surface area contributed by atoms with Crippen LogP contribution in [0.5, 0.6) is 23.0 Å². The Hall–Kier alpha value is -3.71. The molecule has 0 radical (unpaired) electrons. The molecule has 3 aliphatic rings. The van der Waals surface area contributed by atoms with E-state index in [0.717, 1.165) is 12.1 Å². The molecule has 3 fully saturated rings. The molecule has 306 valence electrons. The molecule has 12 N–H and O–H groups in total. The molecular formula is C35H46O20. The highest BCUT2D eigenvalue weighted by Crippen LogP contribution is 2.36. The fourth-order valence-electron chi connectivity index (χ4n) is 6.22. The van der Waals surface area contributed by atoms with Crippen molar-refractivity contribution in [1.29, 1.82) is 0 Å². The zero-order valence-corrected chi connectivity index (χ0v) is 29.2. The normalized spacial score (nSPS) is 36.9. The van der Waals surface area contributed by atoms with Gasteiger partial charge in [-0.3, -0.25) is 0 Å². The lowest BCUT2D eigenvalue weighted by Gasteiger charge is -2.49. The largest absolute Gasteiger partial charge is 0.504 e. The zero-order chi connectivity index (χ0) is 40.1. The monoisotopic (exact) mass is 786 g/mol. The van der Waals surface area contributed by atoms with E-state index in [1.165, 1.54) is 43.3 Å². The van der Waals surface area contributed by atoms with E-state index in [4.69, 9.17) is 33.2 Å². The average molecular weight is 787 g/mol. The van der Waals surface area contributed by atoms with Crippen LogP contribution < -0.4 is 0 Å². The first kappa shape index (κ1) is 42.4. The maximum absolute atomic E-state index is 13.3.